The number of methoxy groups -OCH3 is 3. The topological polar surface area (TPSA) is 69.5 Å². The van der Waals surface area contributed by atoms with Crippen LogP contribution in [0, 0.1) is 0 Å². The lowest BCUT2D eigenvalue weighted by Crippen LogP contribution is -2.07. The highest BCUT2D eigenvalue weighted by Gasteiger charge is 2.18. The minimum Gasteiger partial charge on any atom is -0.493 e. The van der Waals surface area contributed by atoms with Crippen LogP contribution in [0.25, 0.3) is 0 Å². The molecule has 1 rings (SSSR count). The summed E-state index contributed by atoms with van der Waals surface area (Å²) < 4.78 is 21.3. The molecule has 6 heteroatoms. The van der Waals surface area contributed by atoms with E-state index in [0.29, 0.717) is 29.4 Å². The van der Waals surface area contributed by atoms with Crippen LogP contribution in [0.1, 0.15) is 11.7 Å². The molecule has 1 unspecified atom stereocenters. The fourth-order valence-corrected chi connectivity index (χ4v) is 1.72. The maximum absolute atomic E-state index is 8.73. The van der Waals surface area contributed by atoms with Crippen LogP contribution < -0.4 is 14.2 Å². The van der Waals surface area contributed by atoms with Crippen LogP contribution in [-0.4, -0.2) is 39.4 Å². The molecule has 1 aromatic carbocycles. The minimum absolute atomic E-state index is 0.313. The molecule has 0 bridgehead atoms. The summed E-state index contributed by atoms with van der Waals surface area (Å²) in [4.78, 5) is 0. The maximum atomic E-state index is 8.73. The van der Waals surface area contributed by atoms with E-state index in [2.05, 4.69) is 11.7 Å². The Balaban J connectivity index is 3.23. The molecule has 0 radical (unpaired) electrons. The van der Waals surface area contributed by atoms with E-state index in [0.717, 1.165) is 0 Å². The Morgan fingerprint density at radius 2 is 1.80 bits per heavy atom. The molecular formula is C14H19NO5. The first-order chi connectivity index (χ1) is 9.71. The van der Waals surface area contributed by atoms with Crippen LogP contribution >= 0.6 is 0 Å². The summed E-state index contributed by atoms with van der Waals surface area (Å²) in [5, 5.41) is 11.7. The summed E-state index contributed by atoms with van der Waals surface area (Å²) in [6, 6.07) is 3.47. The SMILES string of the molecule is C=CCOC(/C=N/O)c1cc(OC)c(OC)c(OC)c1. The van der Waals surface area contributed by atoms with Crippen LogP contribution in [-0.2, 0) is 4.74 Å². The second-order valence-corrected chi connectivity index (χ2v) is 3.77. The minimum atomic E-state index is -0.549. The van der Waals surface area contributed by atoms with E-state index >= 15 is 0 Å². The Labute approximate surface area is 118 Å². The van der Waals surface area contributed by atoms with E-state index in [1.54, 1.807) is 18.2 Å². The maximum Gasteiger partial charge on any atom is 0.203 e. The van der Waals surface area contributed by atoms with Gasteiger partial charge in [-0.25, -0.2) is 0 Å². The van der Waals surface area contributed by atoms with Crippen LogP contribution in [0.4, 0.5) is 0 Å². The van der Waals surface area contributed by atoms with Gasteiger partial charge < -0.3 is 24.2 Å². The van der Waals surface area contributed by atoms with Crippen LogP contribution in [0.3, 0.4) is 0 Å². The summed E-state index contributed by atoms with van der Waals surface area (Å²) in [6.07, 6.45) is 2.33. The van der Waals surface area contributed by atoms with E-state index in [-0.39, 0.29) is 0 Å². The Hall–Kier alpha value is -2.21. The zero-order chi connectivity index (χ0) is 15.0. The number of hydrogen-bond donors (Lipinski definition) is 1. The van der Waals surface area contributed by atoms with Gasteiger partial charge in [-0.3, -0.25) is 0 Å². The van der Waals surface area contributed by atoms with Gasteiger partial charge in [-0.1, -0.05) is 11.2 Å². The van der Waals surface area contributed by atoms with Crippen LogP contribution in [0.15, 0.2) is 29.9 Å². The van der Waals surface area contributed by atoms with Crippen molar-refractivity contribution in [3.8, 4) is 17.2 Å². The van der Waals surface area contributed by atoms with Crippen molar-refractivity contribution in [2.75, 3.05) is 27.9 Å². The first kappa shape index (κ1) is 15.8. The lowest BCUT2D eigenvalue weighted by molar-refractivity contribution is 0.124. The third kappa shape index (κ3) is 3.64. The van der Waals surface area contributed by atoms with Gasteiger partial charge in [0.1, 0.15) is 6.10 Å². The molecular weight excluding hydrogens is 262 g/mol. The quantitative estimate of drug-likeness (QED) is 0.343. The van der Waals surface area contributed by atoms with Gasteiger partial charge in [0, 0.05) is 0 Å². The summed E-state index contributed by atoms with van der Waals surface area (Å²) in [5.74, 6) is 1.49. The first-order valence-electron chi connectivity index (χ1n) is 5.91. The zero-order valence-corrected chi connectivity index (χ0v) is 11.8. The number of ether oxygens (including phenoxy) is 4. The largest absolute Gasteiger partial charge is 0.493 e. The highest BCUT2D eigenvalue weighted by atomic mass is 16.5. The van der Waals surface area contributed by atoms with E-state index in [9.17, 15) is 0 Å². The number of rotatable bonds is 8. The fourth-order valence-electron chi connectivity index (χ4n) is 1.72. The summed E-state index contributed by atoms with van der Waals surface area (Å²) in [7, 11) is 4.59. The molecule has 0 saturated carbocycles. The van der Waals surface area contributed by atoms with E-state index < -0.39 is 6.10 Å². The molecule has 0 heterocycles. The molecule has 0 spiro atoms. The third-order valence-corrected chi connectivity index (χ3v) is 2.61. The van der Waals surface area contributed by atoms with Crippen LogP contribution in [0.2, 0.25) is 0 Å². The number of benzene rings is 1. The predicted octanol–water partition coefficient (Wildman–Crippen LogP) is 2.42. The molecule has 110 valence electrons. The summed E-state index contributed by atoms with van der Waals surface area (Å²) in [5.41, 5.74) is 0.708. The number of hydrogen-bond acceptors (Lipinski definition) is 6. The normalized spacial score (nSPS) is 12.2. The molecule has 0 fully saturated rings. The predicted molar refractivity (Wildman–Crippen MR) is 75.3 cm³/mol. The number of nitrogens with zero attached hydrogens (tertiary/aromatic N) is 1. The lowest BCUT2D eigenvalue weighted by atomic mass is 10.1. The Morgan fingerprint density at radius 3 is 2.20 bits per heavy atom. The third-order valence-electron chi connectivity index (χ3n) is 2.61. The Morgan fingerprint density at radius 1 is 1.20 bits per heavy atom. The smallest absolute Gasteiger partial charge is 0.203 e. The van der Waals surface area contributed by atoms with E-state index in [1.165, 1.54) is 27.5 Å². The van der Waals surface area contributed by atoms with Crippen molar-refractivity contribution in [2.45, 2.75) is 6.10 Å². The molecule has 0 saturated heterocycles. The first-order valence-corrected chi connectivity index (χ1v) is 5.91. The fraction of sp³-hybridized carbons (Fsp3) is 0.357. The standard InChI is InChI=1S/C14H19NO5/c1-5-6-20-13(9-15-16)10-7-11(17-2)14(19-4)12(8-10)18-3/h5,7-9,13,16H,1,6H2,2-4H3/b15-9+. The lowest BCUT2D eigenvalue weighted by Gasteiger charge is -2.17. The molecule has 1 N–H and O–H groups in total. The van der Waals surface area contributed by atoms with Crippen molar-refractivity contribution in [2.24, 2.45) is 5.16 Å². The Kier molecular flexibility index (Phi) is 6.39. The van der Waals surface area contributed by atoms with Crippen molar-refractivity contribution < 1.29 is 24.2 Å². The van der Waals surface area contributed by atoms with Crippen LogP contribution in [0.5, 0.6) is 17.2 Å². The number of oxime groups is 1. The highest BCUT2D eigenvalue weighted by Crippen LogP contribution is 2.39. The average molecular weight is 281 g/mol. The van der Waals surface area contributed by atoms with Gasteiger partial charge in [-0.15, -0.1) is 6.58 Å². The molecule has 0 aromatic heterocycles. The van der Waals surface area contributed by atoms with Gasteiger partial charge in [0.15, 0.2) is 11.5 Å². The average Bonchev–Trinajstić information content (AvgIpc) is 2.49. The molecule has 1 atom stereocenters. The molecule has 0 aliphatic rings. The van der Waals surface area contributed by atoms with Crippen molar-refractivity contribution in [1.82, 2.24) is 0 Å². The molecule has 20 heavy (non-hydrogen) atoms. The van der Waals surface area contributed by atoms with Gasteiger partial charge in [-0.05, 0) is 17.7 Å². The molecule has 0 aliphatic carbocycles. The molecule has 0 aliphatic heterocycles. The van der Waals surface area contributed by atoms with Gasteiger partial charge in [0.25, 0.3) is 0 Å². The van der Waals surface area contributed by atoms with Gasteiger partial charge in [0.05, 0.1) is 34.2 Å². The molecule has 6 nitrogen and oxygen atoms in total. The van der Waals surface area contributed by atoms with Crippen molar-refractivity contribution in [3.05, 3.63) is 30.4 Å². The monoisotopic (exact) mass is 281 g/mol. The van der Waals surface area contributed by atoms with Gasteiger partial charge in [-0.2, -0.15) is 0 Å². The summed E-state index contributed by atoms with van der Waals surface area (Å²) in [6.45, 7) is 3.89. The second-order valence-electron chi connectivity index (χ2n) is 3.77. The van der Waals surface area contributed by atoms with Gasteiger partial charge in [0.2, 0.25) is 5.75 Å². The second kappa shape index (κ2) is 8.06. The van der Waals surface area contributed by atoms with Crippen molar-refractivity contribution in [1.29, 1.82) is 0 Å². The summed E-state index contributed by atoms with van der Waals surface area (Å²) >= 11 is 0. The highest BCUT2D eigenvalue weighted by molar-refractivity contribution is 5.67. The Bertz CT molecular complexity index is 448. The van der Waals surface area contributed by atoms with E-state index in [1.807, 2.05) is 0 Å². The van der Waals surface area contributed by atoms with Crippen molar-refractivity contribution >= 4 is 6.21 Å². The van der Waals surface area contributed by atoms with E-state index in [4.69, 9.17) is 24.2 Å². The van der Waals surface area contributed by atoms with Gasteiger partial charge >= 0.3 is 0 Å². The molecule has 0 amide bonds. The zero-order valence-electron chi connectivity index (χ0n) is 11.8. The molecule has 1 aromatic rings. The van der Waals surface area contributed by atoms with Crippen molar-refractivity contribution in [3.63, 3.8) is 0 Å².